The number of rotatable bonds is 6. The molecule has 4 nitrogen and oxygen atoms in total. The van der Waals surface area contributed by atoms with Crippen LogP contribution in [-0.2, 0) is 0 Å². The maximum atomic E-state index is 6.62. The summed E-state index contributed by atoms with van der Waals surface area (Å²) in [7, 11) is 0. The van der Waals surface area contributed by atoms with Gasteiger partial charge in [-0.15, -0.1) is 0 Å². The Bertz CT molecular complexity index is 3060. The number of hydrogen-bond acceptors (Lipinski definition) is 3. The van der Waals surface area contributed by atoms with Crippen LogP contribution in [0, 0.1) is 5.92 Å². The van der Waals surface area contributed by atoms with E-state index in [0.717, 1.165) is 56.4 Å². The zero-order valence-electron chi connectivity index (χ0n) is 31.2. The lowest BCUT2D eigenvalue weighted by Crippen LogP contribution is -2.41. The van der Waals surface area contributed by atoms with Crippen LogP contribution in [0.15, 0.2) is 204 Å². The first-order chi connectivity index (χ1) is 28.2. The number of aliphatic imine (C=N–C) groups is 1. The smallest absolute Gasteiger partial charge is 0.136 e. The Kier molecular flexibility index (Phi) is 8.15. The van der Waals surface area contributed by atoms with Crippen LogP contribution in [0.25, 0.3) is 76.6 Å². The molecule has 3 atom stereocenters. The molecule has 1 aliphatic carbocycles. The Morgan fingerprint density at radius 1 is 0.544 bits per heavy atom. The van der Waals surface area contributed by atoms with Gasteiger partial charge in [0.15, 0.2) is 0 Å². The van der Waals surface area contributed by atoms with E-state index in [9.17, 15) is 0 Å². The van der Waals surface area contributed by atoms with Crippen LogP contribution in [0.1, 0.15) is 29.3 Å². The van der Waals surface area contributed by atoms with Crippen LogP contribution in [-0.4, -0.2) is 12.0 Å². The van der Waals surface area contributed by atoms with Crippen molar-refractivity contribution in [3.05, 3.63) is 216 Å². The number of nitrogens with zero attached hydrogens (tertiary/aromatic N) is 2. The molecule has 0 spiro atoms. The SMILES string of the molecule is C1=CC(C2N=C(c3cc(-c4ccc5ccc(-c6ccccc6)cc5c4)c4c(c3)oc3ccccc34)[N-]C(c3ccccc3)N2)CC=C1c1cccc2ccccc12. The van der Waals surface area contributed by atoms with Crippen LogP contribution in [0.4, 0.5) is 0 Å². The molecule has 57 heavy (non-hydrogen) atoms. The fraction of sp³-hybridized carbons (Fsp3) is 0.0755. The van der Waals surface area contributed by atoms with Gasteiger partial charge in [0, 0.05) is 23.1 Å². The van der Waals surface area contributed by atoms with Crippen molar-refractivity contribution in [1.82, 2.24) is 5.32 Å². The predicted molar refractivity (Wildman–Crippen MR) is 237 cm³/mol. The first-order valence-corrected chi connectivity index (χ1v) is 19.7. The van der Waals surface area contributed by atoms with Crippen molar-refractivity contribution in [1.29, 1.82) is 0 Å². The average molecular weight is 733 g/mol. The zero-order chi connectivity index (χ0) is 37.7. The summed E-state index contributed by atoms with van der Waals surface area (Å²) in [5, 5.41) is 16.2. The second-order valence-electron chi connectivity index (χ2n) is 15.1. The van der Waals surface area contributed by atoms with Crippen LogP contribution < -0.4 is 5.32 Å². The van der Waals surface area contributed by atoms with Gasteiger partial charge in [0.2, 0.25) is 0 Å². The van der Waals surface area contributed by atoms with Gasteiger partial charge in [-0.05, 0) is 109 Å². The van der Waals surface area contributed by atoms with Gasteiger partial charge in [-0.25, -0.2) is 0 Å². The summed E-state index contributed by atoms with van der Waals surface area (Å²) >= 11 is 0. The fourth-order valence-electron chi connectivity index (χ4n) is 8.68. The average Bonchev–Trinajstić information content (AvgIpc) is 3.67. The van der Waals surface area contributed by atoms with Gasteiger partial charge in [0.1, 0.15) is 11.2 Å². The summed E-state index contributed by atoms with van der Waals surface area (Å²) < 4.78 is 6.62. The van der Waals surface area contributed by atoms with E-state index in [2.05, 4.69) is 193 Å². The third-order valence-corrected chi connectivity index (χ3v) is 11.6. The summed E-state index contributed by atoms with van der Waals surface area (Å²) in [6.07, 6.45) is 7.39. The molecule has 3 unspecified atom stereocenters. The normalized spacial score (nSPS) is 18.1. The van der Waals surface area contributed by atoms with Crippen molar-refractivity contribution >= 4 is 54.9 Å². The fourth-order valence-corrected chi connectivity index (χ4v) is 8.68. The lowest BCUT2D eigenvalue weighted by molar-refractivity contribution is 0.385. The lowest BCUT2D eigenvalue weighted by Gasteiger charge is -2.43. The van der Waals surface area contributed by atoms with Crippen LogP contribution in [0.2, 0.25) is 0 Å². The van der Waals surface area contributed by atoms with E-state index in [1.165, 1.54) is 43.8 Å². The summed E-state index contributed by atoms with van der Waals surface area (Å²) in [4.78, 5) is 5.41. The Balaban J connectivity index is 1.02. The molecule has 1 N–H and O–H groups in total. The highest BCUT2D eigenvalue weighted by molar-refractivity contribution is 6.18. The highest BCUT2D eigenvalue weighted by Gasteiger charge is 2.25. The van der Waals surface area contributed by atoms with Gasteiger partial charge in [0.25, 0.3) is 0 Å². The van der Waals surface area contributed by atoms with E-state index in [0.29, 0.717) is 0 Å². The van der Waals surface area contributed by atoms with Crippen LogP contribution in [0.5, 0.6) is 0 Å². The number of benzene rings is 8. The maximum absolute atomic E-state index is 6.62. The summed E-state index contributed by atoms with van der Waals surface area (Å²) in [6, 6.07) is 62.4. The molecule has 0 saturated heterocycles. The Morgan fingerprint density at radius 2 is 1.28 bits per heavy atom. The summed E-state index contributed by atoms with van der Waals surface area (Å²) in [5.41, 5.74) is 10.9. The molecule has 1 aliphatic heterocycles. The van der Waals surface area contributed by atoms with Crippen molar-refractivity contribution in [2.45, 2.75) is 18.8 Å². The summed E-state index contributed by atoms with van der Waals surface area (Å²) in [5.74, 6) is 0.870. The molecule has 0 amide bonds. The Morgan fingerprint density at radius 3 is 2.12 bits per heavy atom. The molecule has 2 aliphatic rings. The Labute approximate surface area is 331 Å². The molecule has 11 rings (SSSR count). The first-order valence-electron chi connectivity index (χ1n) is 19.7. The number of allylic oxidation sites excluding steroid dienone is 3. The minimum Gasteiger partial charge on any atom is -0.456 e. The zero-order valence-corrected chi connectivity index (χ0v) is 31.2. The molecule has 4 heteroatoms. The molecular formula is C53H38N3O-. The molecule has 2 heterocycles. The minimum absolute atomic E-state index is 0.147. The molecule has 0 radical (unpaired) electrons. The predicted octanol–water partition coefficient (Wildman–Crippen LogP) is 13.6. The number of fused-ring (bicyclic) bond motifs is 5. The van der Waals surface area contributed by atoms with E-state index in [1.54, 1.807) is 0 Å². The molecule has 0 saturated carbocycles. The third kappa shape index (κ3) is 6.12. The standard InChI is InChI=1S/C53H38N3O/c1-3-12-34(13-4-1)40-28-22-35-23-29-41(31-42(35)30-40)47-32-43(33-49-50(47)46-19-9-10-21-48(46)57-49)53-55-51(38-15-5-2-6-16-38)54-52(56-53)39-26-24-37(25-27-39)45-20-11-17-36-14-7-8-18-44(36)45/h1-26,28-33,39,51-52,54H,27H2/q-1. The first kappa shape index (κ1) is 33.3. The molecule has 8 aromatic carbocycles. The van der Waals surface area contributed by atoms with E-state index >= 15 is 0 Å². The number of hydrogen-bond donors (Lipinski definition) is 1. The Hall–Kier alpha value is -7.01. The highest BCUT2D eigenvalue weighted by atomic mass is 16.3. The maximum Gasteiger partial charge on any atom is 0.136 e. The quantitative estimate of drug-likeness (QED) is 0.185. The second-order valence-corrected chi connectivity index (χ2v) is 15.1. The topological polar surface area (TPSA) is 51.6 Å². The van der Waals surface area contributed by atoms with Gasteiger partial charge >= 0.3 is 0 Å². The number of nitrogens with one attached hydrogen (secondary N) is 1. The monoisotopic (exact) mass is 732 g/mol. The largest absolute Gasteiger partial charge is 0.456 e. The molecule has 0 fully saturated rings. The number of amidine groups is 1. The third-order valence-electron chi connectivity index (χ3n) is 11.6. The molecule has 1 aromatic heterocycles. The van der Waals surface area contributed by atoms with Gasteiger partial charge in [0.05, 0.1) is 0 Å². The van der Waals surface area contributed by atoms with Crippen molar-refractivity contribution in [2.75, 3.05) is 0 Å². The van der Waals surface area contributed by atoms with E-state index in [1.807, 2.05) is 6.07 Å². The van der Waals surface area contributed by atoms with Gasteiger partial charge < -0.3 is 20.0 Å². The van der Waals surface area contributed by atoms with E-state index < -0.39 is 0 Å². The molecular weight excluding hydrogens is 695 g/mol. The van der Waals surface area contributed by atoms with Crippen molar-refractivity contribution in [2.24, 2.45) is 10.9 Å². The van der Waals surface area contributed by atoms with Crippen molar-refractivity contribution < 1.29 is 4.42 Å². The van der Waals surface area contributed by atoms with Gasteiger partial charge in [-0.2, -0.15) is 0 Å². The highest BCUT2D eigenvalue weighted by Crippen LogP contribution is 2.41. The van der Waals surface area contributed by atoms with E-state index in [-0.39, 0.29) is 18.2 Å². The number of furan rings is 1. The number of para-hydroxylation sites is 1. The second kappa shape index (κ2) is 13.9. The van der Waals surface area contributed by atoms with Gasteiger partial charge in [-0.3, -0.25) is 0 Å². The molecule has 9 aromatic rings. The van der Waals surface area contributed by atoms with Gasteiger partial charge in [-0.1, -0.05) is 170 Å². The molecule has 0 bridgehead atoms. The minimum atomic E-state index is -0.257. The van der Waals surface area contributed by atoms with Crippen molar-refractivity contribution in [3.8, 4) is 22.3 Å². The van der Waals surface area contributed by atoms with Crippen LogP contribution >= 0.6 is 0 Å². The molecule has 272 valence electrons. The van der Waals surface area contributed by atoms with Crippen molar-refractivity contribution in [3.63, 3.8) is 0 Å². The van der Waals surface area contributed by atoms with E-state index in [4.69, 9.17) is 14.7 Å². The summed E-state index contributed by atoms with van der Waals surface area (Å²) in [6.45, 7) is 0. The lowest BCUT2D eigenvalue weighted by atomic mass is 9.88. The van der Waals surface area contributed by atoms with Crippen LogP contribution in [0.3, 0.4) is 0 Å².